The molecule has 6 nitrogen and oxygen atoms in total. The number of carbonyl (C=O) groups excluding carboxylic acids is 2. The Morgan fingerprint density at radius 3 is 2.35 bits per heavy atom. The second-order valence-corrected chi connectivity index (χ2v) is 6.47. The van der Waals surface area contributed by atoms with Crippen LogP contribution in [0, 0.1) is 3.57 Å². The third kappa shape index (κ3) is 5.62. The summed E-state index contributed by atoms with van der Waals surface area (Å²) in [5.41, 5.74) is 6.14. The van der Waals surface area contributed by atoms with E-state index in [-0.39, 0.29) is 18.2 Å². The highest BCUT2D eigenvalue weighted by Gasteiger charge is 2.12. The van der Waals surface area contributed by atoms with E-state index in [1.807, 2.05) is 26.0 Å². The highest BCUT2D eigenvalue weighted by Crippen LogP contribution is 2.28. The predicted octanol–water partition coefficient (Wildman–Crippen LogP) is 3.09. The van der Waals surface area contributed by atoms with Crippen LogP contribution >= 0.6 is 22.6 Å². The van der Waals surface area contributed by atoms with Crippen LogP contribution in [0.1, 0.15) is 29.8 Å². The molecule has 0 spiro atoms. The first-order chi connectivity index (χ1) is 12.5. The van der Waals surface area contributed by atoms with Crippen molar-refractivity contribution in [1.82, 2.24) is 10.9 Å². The lowest BCUT2D eigenvalue weighted by molar-refractivity contribution is -0.121. The Bertz CT molecular complexity index is 780. The number of hydrazine groups is 1. The summed E-state index contributed by atoms with van der Waals surface area (Å²) in [7, 11) is 0. The summed E-state index contributed by atoms with van der Waals surface area (Å²) in [5, 5.41) is 0. The SMILES string of the molecule is CCOc1ccc(CC(=O)NNC(=O)c2ccccc2I)cc1OCC. The lowest BCUT2D eigenvalue weighted by atomic mass is 10.1. The summed E-state index contributed by atoms with van der Waals surface area (Å²) in [4.78, 5) is 24.2. The van der Waals surface area contributed by atoms with Crippen molar-refractivity contribution in [1.29, 1.82) is 0 Å². The summed E-state index contributed by atoms with van der Waals surface area (Å²) in [6.45, 7) is 4.81. The molecule has 0 saturated carbocycles. The Morgan fingerprint density at radius 1 is 0.962 bits per heavy atom. The molecule has 138 valence electrons. The van der Waals surface area contributed by atoms with Crippen molar-refractivity contribution >= 4 is 34.4 Å². The molecular weight excluding hydrogens is 447 g/mol. The molecule has 0 heterocycles. The van der Waals surface area contributed by atoms with Crippen molar-refractivity contribution in [3.05, 3.63) is 57.2 Å². The first kappa shape index (κ1) is 20.0. The van der Waals surface area contributed by atoms with Gasteiger partial charge in [0.2, 0.25) is 5.91 Å². The minimum Gasteiger partial charge on any atom is -0.490 e. The second-order valence-electron chi connectivity index (χ2n) is 5.31. The Labute approximate surface area is 166 Å². The maximum Gasteiger partial charge on any atom is 0.270 e. The molecule has 0 aliphatic carbocycles. The zero-order valence-corrected chi connectivity index (χ0v) is 16.8. The molecule has 7 heteroatoms. The van der Waals surface area contributed by atoms with E-state index in [1.54, 1.807) is 30.3 Å². The maximum absolute atomic E-state index is 12.1. The largest absolute Gasteiger partial charge is 0.490 e. The van der Waals surface area contributed by atoms with Gasteiger partial charge in [-0.05, 0) is 66.3 Å². The number of halogens is 1. The zero-order valence-electron chi connectivity index (χ0n) is 14.7. The Morgan fingerprint density at radius 2 is 1.65 bits per heavy atom. The summed E-state index contributed by atoms with van der Waals surface area (Å²) in [5.74, 6) is 0.564. The standard InChI is InChI=1S/C19H21IN2O4/c1-3-25-16-10-9-13(11-17(16)26-4-2)12-18(23)21-22-19(24)14-7-5-6-8-15(14)20/h5-11H,3-4,12H2,1-2H3,(H,21,23)(H,22,24). The smallest absolute Gasteiger partial charge is 0.270 e. The molecule has 26 heavy (non-hydrogen) atoms. The van der Waals surface area contributed by atoms with E-state index in [4.69, 9.17) is 9.47 Å². The normalized spacial score (nSPS) is 10.1. The van der Waals surface area contributed by atoms with Gasteiger partial charge in [-0.25, -0.2) is 0 Å². The maximum atomic E-state index is 12.1. The molecule has 0 unspecified atom stereocenters. The van der Waals surface area contributed by atoms with Gasteiger partial charge in [0.25, 0.3) is 5.91 Å². The fourth-order valence-electron chi connectivity index (χ4n) is 2.27. The van der Waals surface area contributed by atoms with Gasteiger partial charge in [-0.2, -0.15) is 0 Å². The van der Waals surface area contributed by atoms with Crippen LogP contribution in [0.4, 0.5) is 0 Å². The molecule has 2 aromatic carbocycles. The van der Waals surface area contributed by atoms with Gasteiger partial charge >= 0.3 is 0 Å². The number of hydrogen-bond donors (Lipinski definition) is 2. The summed E-state index contributed by atoms with van der Waals surface area (Å²) >= 11 is 2.07. The highest BCUT2D eigenvalue weighted by molar-refractivity contribution is 14.1. The van der Waals surface area contributed by atoms with E-state index in [0.717, 1.165) is 9.13 Å². The molecule has 0 aliphatic rings. The van der Waals surface area contributed by atoms with Crippen LogP contribution in [-0.2, 0) is 11.2 Å². The molecule has 2 aromatic rings. The van der Waals surface area contributed by atoms with Crippen molar-refractivity contribution in [2.75, 3.05) is 13.2 Å². The zero-order chi connectivity index (χ0) is 18.9. The topological polar surface area (TPSA) is 76.7 Å². The minimum atomic E-state index is -0.356. The highest BCUT2D eigenvalue weighted by atomic mass is 127. The lowest BCUT2D eigenvalue weighted by Gasteiger charge is -2.13. The van der Waals surface area contributed by atoms with Crippen LogP contribution in [0.25, 0.3) is 0 Å². The van der Waals surface area contributed by atoms with Gasteiger partial charge in [-0.1, -0.05) is 18.2 Å². The second kappa shape index (κ2) is 10.0. The average Bonchev–Trinajstić information content (AvgIpc) is 2.62. The number of ether oxygens (including phenoxy) is 2. The minimum absolute atomic E-state index is 0.110. The molecule has 0 radical (unpaired) electrons. The molecule has 2 amide bonds. The molecule has 0 saturated heterocycles. The van der Waals surface area contributed by atoms with Crippen LogP contribution in [-0.4, -0.2) is 25.0 Å². The Kier molecular flexibility index (Phi) is 7.71. The molecule has 0 aliphatic heterocycles. The van der Waals surface area contributed by atoms with E-state index in [2.05, 4.69) is 33.4 Å². The lowest BCUT2D eigenvalue weighted by Crippen LogP contribution is -2.42. The molecule has 0 atom stereocenters. The van der Waals surface area contributed by atoms with Gasteiger partial charge in [-0.15, -0.1) is 0 Å². The number of carbonyl (C=O) groups is 2. The molecule has 2 N–H and O–H groups in total. The van der Waals surface area contributed by atoms with E-state index in [9.17, 15) is 9.59 Å². The van der Waals surface area contributed by atoms with Crippen LogP contribution in [0.15, 0.2) is 42.5 Å². The summed E-state index contributed by atoms with van der Waals surface area (Å²) in [6.07, 6.45) is 0.110. The van der Waals surface area contributed by atoms with Crippen LogP contribution in [0.2, 0.25) is 0 Å². The van der Waals surface area contributed by atoms with Gasteiger partial charge in [0, 0.05) is 3.57 Å². The van der Waals surface area contributed by atoms with E-state index in [1.165, 1.54) is 0 Å². The van der Waals surface area contributed by atoms with E-state index in [0.29, 0.717) is 30.3 Å². The van der Waals surface area contributed by atoms with Gasteiger partial charge in [0.15, 0.2) is 11.5 Å². The van der Waals surface area contributed by atoms with Crippen LogP contribution < -0.4 is 20.3 Å². The van der Waals surface area contributed by atoms with Gasteiger partial charge in [0.05, 0.1) is 25.2 Å². The van der Waals surface area contributed by atoms with E-state index >= 15 is 0 Å². The third-order valence-electron chi connectivity index (χ3n) is 3.41. The summed E-state index contributed by atoms with van der Waals surface area (Å²) in [6, 6.07) is 12.5. The summed E-state index contributed by atoms with van der Waals surface area (Å²) < 4.78 is 11.9. The molecular formula is C19H21IN2O4. The van der Waals surface area contributed by atoms with Crippen molar-refractivity contribution in [2.24, 2.45) is 0 Å². The Hall–Kier alpha value is -2.29. The van der Waals surface area contributed by atoms with Crippen molar-refractivity contribution < 1.29 is 19.1 Å². The monoisotopic (exact) mass is 468 g/mol. The van der Waals surface area contributed by atoms with Crippen molar-refractivity contribution in [2.45, 2.75) is 20.3 Å². The first-order valence-electron chi connectivity index (χ1n) is 8.27. The third-order valence-corrected chi connectivity index (χ3v) is 4.35. The molecule has 0 fully saturated rings. The van der Waals surface area contributed by atoms with Gasteiger partial charge in [0.1, 0.15) is 0 Å². The Balaban J connectivity index is 1.96. The molecule has 0 aromatic heterocycles. The number of rotatable bonds is 7. The van der Waals surface area contributed by atoms with Gasteiger partial charge < -0.3 is 9.47 Å². The van der Waals surface area contributed by atoms with Gasteiger partial charge in [-0.3, -0.25) is 20.4 Å². The average molecular weight is 468 g/mol. The number of amides is 2. The van der Waals surface area contributed by atoms with Crippen molar-refractivity contribution in [3.63, 3.8) is 0 Å². The number of benzene rings is 2. The molecule has 2 rings (SSSR count). The van der Waals surface area contributed by atoms with Crippen molar-refractivity contribution in [3.8, 4) is 11.5 Å². The quantitative estimate of drug-likeness (QED) is 0.484. The fourth-order valence-corrected chi connectivity index (χ4v) is 2.91. The first-order valence-corrected chi connectivity index (χ1v) is 9.35. The van der Waals surface area contributed by atoms with Crippen LogP contribution in [0.5, 0.6) is 11.5 Å². The van der Waals surface area contributed by atoms with E-state index < -0.39 is 0 Å². The predicted molar refractivity (Wildman–Crippen MR) is 107 cm³/mol. The van der Waals surface area contributed by atoms with Crippen LogP contribution in [0.3, 0.4) is 0 Å². The molecule has 0 bridgehead atoms. The number of hydrogen-bond acceptors (Lipinski definition) is 4. The number of nitrogens with one attached hydrogen (secondary N) is 2. The fraction of sp³-hybridized carbons (Fsp3) is 0.263.